The van der Waals surface area contributed by atoms with Gasteiger partial charge in [0.05, 0.1) is 12.8 Å². The number of hydrogen-bond acceptors (Lipinski definition) is 3. The second-order valence-electron chi connectivity index (χ2n) is 6.04. The molecule has 0 unspecified atom stereocenters. The number of carbonyl (C=O) groups is 2. The van der Waals surface area contributed by atoms with E-state index < -0.39 is 0 Å². The van der Waals surface area contributed by atoms with E-state index in [0.717, 1.165) is 10.0 Å². The summed E-state index contributed by atoms with van der Waals surface area (Å²) in [4.78, 5) is 28.2. The zero-order valence-electron chi connectivity index (χ0n) is 14.7. The van der Waals surface area contributed by atoms with Crippen molar-refractivity contribution in [1.29, 1.82) is 0 Å². The van der Waals surface area contributed by atoms with Crippen molar-refractivity contribution in [3.63, 3.8) is 0 Å². The Bertz CT molecular complexity index is 841. The van der Waals surface area contributed by atoms with Crippen molar-refractivity contribution < 1.29 is 14.3 Å². The fraction of sp³-hybridized carbons (Fsp3) is 0.263. The maximum absolute atomic E-state index is 12.7. The Morgan fingerprint density at radius 2 is 2.00 bits per heavy atom. The summed E-state index contributed by atoms with van der Waals surface area (Å²) < 4.78 is 6.31. The molecule has 6 nitrogen and oxygen atoms in total. The van der Waals surface area contributed by atoms with Crippen LogP contribution in [0, 0.1) is 6.92 Å². The SMILES string of the molecule is COc1ccccc1N1CCN(CC(=O)Nc2ccc(Br)c(C)c2)C1=O. The largest absolute Gasteiger partial charge is 0.495 e. The van der Waals surface area contributed by atoms with Crippen LogP contribution in [0.1, 0.15) is 5.56 Å². The molecule has 7 heteroatoms. The van der Waals surface area contributed by atoms with E-state index in [1.165, 1.54) is 4.90 Å². The molecule has 136 valence electrons. The predicted octanol–water partition coefficient (Wildman–Crippen LogP) is 3.65. The molecule has 1 fully saturated rings. The van der Waals surface area contributed by atoms with Crippen LogP contribution in [0.25, 0.3) is 0 Å². The molecule has 0 aromatic heterocycles. The van der Waals surface area contributed by atoms with Gasteiger partial charge in [0.1, 0.15) is 12.3 Å². The van der Waals surface area contributed by atoms with Crippen LogP contribution in [0.15, 0.2) is 46.9 Å². The van der Waals surface area contributed by atoms with Crippen LogP contribution >= 0.6 is 15.9 Å². The number of hydrogen-bond donors (Lipinski definition) is 1. The Labute approximate surface area is 160 Å². The third-order valence-corrected chi connectivity index (χ3v) is 5.14. The van der Waals surface area contributed by atoms with Crippen LogP contribution in [0.2, 0.25) is 0 Å². The van der Waals surface area contributed by atoms with Gasteiger partial charge in [-0.15, -0.1) is 0 Å². The van der Waals surface area contributed by atoms with E-state index in [2.05, 4.69) is 21.2 Å². The molecule has 0 bridgehead atoms. The molecule has 0 radical (unpaired) electrons. The lowest BCUT2D eigenvalue weighted by atomic mass is 10.2. The minimum Gasteiger partial charge on any atom is -0.495 e. The van der Waals surface area contributed by atoms with Gasteiger partial charge in [0.15, 0.2) is 0 Å². The Balaban J connectivity index is 1.65. The molecule has 1 aliphatic rings. The summed E-state index contributed by atoms with van der Waals surface area (Å²) in [6.45, 7) is 2.97. The number of amides is 3. The van der Waals surface area contributed by atoms with Crippen LogP contribution in [-0.2, 0) is 4.79 Å². The Hall–Kier alpha value is -2.54. The highest BCUT2D eigenvalue weighted by Crippen LogP contribution is 2.30. The molecular formula is C19H20BrN3O3. The molecule has 1 aliphatic heterocycles. The number of para-hydroxylation sites is 2. The molecule has 3 amide bonds. The molecule has 26 heavy (non-hydrogen) atoms. The summed E-state index contributed by atoms with van der Waals surface area (Å²) in [6.07, 6.45) is 0. The standard InChI is InChI=1S/C19H20BrN3O3/c1-13-11-14(7-8-15(13)20)21-18(24)12-22-9-10-23(19(22)25)16-5-3-4-6-17(16)26-2/h3-8,11H,9-10,12H2,1-2H3,(H,21,24). The van der Waals surface area contributed by atoms with Crippen molar-refractivity contribution in [2.24, 2.45) is 0 Å². The van der Waals surface area contributed by atoms with Crippen LogP contribution in [0.5, 0.6) is 5.75 Å². The number of halogens is 1. The normalized spacial score (nSPS) is 13.9. The first-order valence-corrected chi connectivity index (χ1v) is 9.04. The maximum atomic E-state index is 12.7. The van der Waals surface area contributed by atoms with Crippen LogP contribution in [-0.4, -0.2) is 43.6 Å². The van der Waals surface area contributed by atoms with Gasteiger partial charge < -0.3 is 15.0 Å². The van der Waals surface area contributed by atoms with E-state index in [1.807, 2.05) is 49.4 Å². The summed E-state index contributed by atoms with van der Waals surface area (Å²) in [6, 6.07) is 12.8. The highest BCUT2D eigenvalue weighted by Gasteiger charge is 2.32. The molecule has 2 aromatic rings. The van der Waals surface area contributed by atoms with E-state index in [-0.39, 0.29) is 18.5 Å². The van der Waals surface area contributed by atoms with Gasteiger partial charge in [0.2, 0.25) is 5.91 Å². The van der Waals surface area contributed by atoms with Crippen LogP contribution in [0.4, 0.5) is 16.2 Å². The molecule has 1 saturated heterocycles. The number of ether oxygens (including phenoxy) is 1. The van der Waals surface area contributed by atoms with Crippen molar-refractivity contribution in [2.45, 2.75) is 6.92 Å². The molecule has 2 aromatic carbocycles. The summed E-state index contributed by atoms with van der Waals surface area (Å²) in [7, 11) is 1.57. The van der Waals surface area contributed by atoms with E-state index >= 15 is 0 Å². The zero-order chi connectivity index (χ0) is 18.7. The first kappa shape index (κ1) is 18.3. The van der Waals surface area contributed by atoms with E-state index in [1.54, 1.807) is 12.0 Å². The lowest BCUT2D eigenvalue weighted by Crippen LogP contribution is -2.37. The highest BCUT2D eigenvalue weighted by atomic mass is 79.9. The van der Waals surface area contributed by atoms with Gasteiger partial charge in [0, 0.05) is 23.2 Å². The quantitative estimate of drug-likeness (QED) is 0.807. The number of aryl methyl sites for hydroxylation is 1. The van der Waals surface area contributed by atoms with Gasteiger partial charge in [-0.1, -0.05) is 28.1 Å². The van der Waals surface area contributed by atoms with Crippen molar-refractivity contribution in [3.8, 4) is 5.75 Å². The lowest BCUT2D eigenvalue weighted by Gasteiger charge is -2.20. The Morgan fingerprint density at radius 1 is 1.23 bits per heavy atom. The minimum absolute atomic E-state index is 0.0135. The first-order valence-electron chi connectivity index (χ1n) is 8.25. The number of nitrogens with one attached hydrogen (secondary N) is 1. The second kappa shape index (κ2) is 7.78. The molecule has 0 aliphatic carbocycles. The maximum Gasteiger partial charge on any atom is 0.325 e. The molecule has 1 N–H and O–H groups in total. The average Bonchev–Trinajstić information content (AvgIpc) is 2.98. The average molecular weight is 418 g/mol. The van der Waals surface area contributed by atoms with Crippen LogP contribution < -0.4 is 15.0 Å². The topological polar surface area (TPSA) is 61.9 Å². The van der Waals surface area contributed by atoms with Gasteiger partial charge in [0.25, 0.3) is 0 Å². The van der Waals surface area contributed by atoms with Crippen molar-refractivity contribution >= 4 is 39.2 Å². The molecule has 0 spiro atoms. The second-order valence-corrected chi connectivity index (χ2v) is 6.89. The third-order valence-electron chi connectivity index (χ3n) is 4.25. The number of benzene rings is 2. The van der Waals surface area contributed by atoms with Gasteiger partial charge in [-0.3, -0.25) is 9.69 Å². The van der Waals surface area contributed by atoms with Crippen molar-refractivity contribution in [1.82, 2.24) is 4.90 Å². The van der Waals surface area contributed by atoms with Crippen molar-refractivity contribution in [2.75, 3.05) is 37.0 Å². The molecule has 0 saturated carbocycles. The van der Waals surface area contributed by atoms with Gasteiger partial charge in [-0.25, -0.2) is 4.79 Å². The molecule has 3 rings (SSSR count). The Kier molecular flexibility index (Phi) is 5.46. The number of carbonyl (C=O) groups excluding carboxylic acids is 2. The number of nitrogens with zero attached hydrogens (tertiary/aromatic N) is 2. The molecule has 0 atom stereocenters. The minimum atomic E-state index is -0.220. The number of anilines is 2. The smallest absolute Gasteiger partial charge is 0.325 e. The third kappa shape index (κ3) is 3.83. The fourth-order valence-electron chi connectivity index (χ4n) is 2.90. The van der Waals surface area contributed by atoms with Gasteiger partial charge >= 0.3 is 6.03 Å². The highest BCUT2D eigenvalue weighted by molar-refractivity contribution is 9.10. The number of urea groups is 1. The van der Waals surface area contributed by atoms with E-state index in [9.17, 15) is 9.59 Å². The van der Waals surface area contributed by atoms with E-state index in [0.29, 0.717) is 30.2 Å². The molecular weight excluding hydrogens is 398 g/mol. The summed E-state index contributed by atoms with van der Waals surface area (Å²) in [5.41, 5.74) is 2.46. The van der Waals surface area contributed by atoms with Gasteiger partial charge in [-0.2, -0.15) is 0 Å². The Morgan fingerprint density at radius 3 is 2.73 bits per heavy atom. The molecule has 1 heterocycles. The number of methoxy groups -OCH3 is 1. The fourth-order valence-corrected chi connectivity index (χ4v) is 3.15. The zero-order valence-corrected chi connectivity index (χ0v) is 16.2. The summed E-state index contributed by atoms with van der Waals surface area (Å²) in [5.74, 6) is 0.416. The monoisotopic (exact) mass is 417 g/mol. The van der Waals surface area contributed by atoms with Crippen molar-refractivity contribution in [3.05, 3.63) is 52.5 Å². The predicted molar refractivity (Wildman–Crippen MR) is 105 cm³/mol. The first-order chi connectivity index (χ1) is 12.5. The summed E-state index contributed by atoms with van der Waals surface area (Å²) in [5, 5.41) is 2.84. The lowest BCUT2D eigenvalue weighted by molar-refractivity contribution is -0.116. The van der Waals surface area contributed by atoms with Gasteiger partial charge in [-0.05, 0) is 42.8 Å². The summed E-state index contributed by atoms with van der Waals surface area (Å²) >= 11 is 3.43. The number of rotatable bonds is 5. The van der Waals surface area contributed by atoms with E-state index in [4.69, 9.17) is 4.74 Å². The van der Waals surface area contributed by atoms with Crippen LogP contribution in [0.3, 0.4) is 0 Å².